The van der Waals surface area contributed by atoms with Gasteiger partial charge in [-0.05, 0) is 117 Å². The number of carboxylic acid groups (broad SMARTS) is 1. The van der Waals surface area contributed by atoms with Gasteiger partial charge in [0, 0.05) is 29.5 Å². The molecule has 0 spiro atoms. The molecule has 0 aliphatic rings. The molecule has 3 aromatic heterocycles. The molecule has 75 heavy (non-hydrogen) atoms. The van der Waals surface area contributed by atoms with Crippen LogP contribution in [0.4, 0.5) is 4.39 Å². The lowest BCUT2D eigenvalue weighted by atomic mass is 9.88. The number of carbonyl (C=O) groups excluding carboxylic acids is 1. The van der Waals surface area contributed by atoms with Gasteiger partial charge in [0.25, 0.3) is 5.91 Å². The van der Waals surface area contributed by atoms with Crippen LogP contribution in [0.25, 0.3) is 34.4 Å². The van der Waals surface area contributed by atoms with Crippen molar-refractivity contribution in [1.82, 2.24) is 19.7 Å². The number of nitrogens with zero attached hydrogens (tertiary/aromatic N) is 3. The lowest BCUT2D eigenvalue weighted by Crippen LogP contribution is -2.45. The molecule has 2 N–H and O–H groups in total. The average Bonchev–Trinajstić information content (AvgIpc) is 4.12. The van der Waals surface area contributed by atoms with E-state index >= 15 is 4.39 Å². The number of benzene rings is 6. The minimum atomic E-state index is -3.94. The van der Waals surface area contributed by atoms with Gasteiger partial charge in [-0.1, -0.05) is 121 Å². The van der Waals surface area contributed by atoms with E-state index in [-0.39, 0.29) is 12.0 Å². The van der Waals surface area contributed by atoms with Gasteiger partial charge in [0.05, 0.1) is 29.9 Å². The van der Waals surface area contributed by atoms with Crippen LogP contribution < -0.4 is 9.46 Å². The number of aliphatic carboxylic acids is 1. The van der Waals surface area contributed by atoms with Crippen molar-refractivity contribution in [3.05, 3.63) is 226 Å². The van der Waals surface area contributed by atoms with Crippen molar-refractivity contribution in [3.8, 4) is 40.1 Å². The molecule has 1 amide bonds. The molecular formula is C60H57FN4O9S. The number of aromatic nitrogens is 3. The highest BCUT2D eigenvalue weighted by Gasteiger charge is 2.42. The molecule has 0 aliphatic heterocycles. The van der Waals surface area contributed by atoms with E-state index in [0.717, 1.165) is 70.7 Å². The fourth-order valence-corrected chi connectivity index (χ4v) is 9.02. The van der Waals surface area contributed by atoms with Crippen LogP contribution in [0.1, 0.15) is 69.0 Å². The fraction of sp³-hybridized carbons (Fsp3) is 0.217. The predicted octanol–water partition coefficient (Wildman–Crippen LogP) is 12.0. The highest BCUT2D eigenvalue weighted by Crippen LogP contribution is 2.33. The molecular weight excluding hydrogens is 972 g/mol. The number of amides is 1. The van der Waals surface area contributed by atoms with Crippen LogP contribution in [0.3, 0.4) is 0 Å². The van der Waals surface area contributed by atoms with Gasteiger partial charge in [-0.15, -0.1) is 0 Å². The average molecular weight is 1030 g/mol. The molecule has 0 fully saturated rings. The third kappa shape index (κ3) is 14.0. The number of oxazole rings is 3. The first-order valence-electron chi connectivity index (χ1n) is 24.5. The number of halogens is 1. The number of carbonyl (C=O) groups is 2. The van der Waals surface area contributed by atoms with Crippen molar-refractivity contribution >= 4 is 21.9 Å². The van der Waals surface area contributed by atoms with Gasteiger partial charge < -0.3 is 23.1 Å². The summed E-state index contributed by atoms with van der Waals surface area (Å²) >= 11 is 0. The highest BCUT2D eigenvalue weighted by atomic mass is 32.2. The smallest absolute Gasteiger partial charge is 0.313 e. The number of hydrogen-bond acceptors (Lipinski definition) is 11. The Morgan fingerprint density at radius 1 is 0.600 bits per heavy atom. The maximum absolute atomic E-state index is 16.1. The Hall–Kier alpha value is -8.43. The minimum absolute atomic E-state index is 0.0642. The van der Waals surface area contributed by atoms with Crippen LogP contribution in [-0.4, -0.2) is 53.2 Å². The van der Waals surface area contributed by atoms with Crippen molar-refractivity contribution in [2.75, 3.05) is 12.9 Å². The molecule has 15 heteroatoms. The Morgan fingerprint density at radius 2 is 1.05 bits per heavy atom. The fourth-order valence-electron chi connectivity index (χ4n) is 8.52. The number of alkyl halides is 1. The summed E-state index contributed by atoms with van der Waals surface area (Å²) in [4.78, 5) is 38.6. The van der Waals surface area contributed by atoms with E-state index in [9.17, 15) is 23.1 Å². The van der Waals surface area contributed by atoms with Gasteiger partial charge in [-0.2, -0.15) is 0 Å². The van der Waals surface area contributed by atoms with Crippen molar-refractivity contribution in [2.24, 2.45) is 0 Å². The Balaban J connectivity index is 0.000000199. The SMILES string of the molecule is Cc1oc(-c2ccccc2)nc1CCCc1ccc(CC(C(=O)O)c2nc(-c3ccccc3)oc2C)cc1.Cc1oc(-c2ccccc2)nc1CCOc1ccc(CC(F)(C(=O)NS(C)(=O)=O)c2ccccc2)cc1. The third-order valence-corrected chi connectivity index (χ3v) is 13.1. The third-order valence-electron chi connectivity index (χ3n) is 12.5. The second kappa shape index (κ2) is 24.1. The minimum Gasteiger partial charge on any atom is -0.493 e. The van der Waals surface area contributed by atoms with Gasteiger partial charge in [0.2, 0.25) is 33.4 Å². The summed E-state index contributed by atoms with van der Waals surface area (Å²) in [5.74, 6) is 1.42. The maximum Gasteiger partial charge on any atom is 0.313 e. The molecule has 3 heterocycles. The second-order valence-corrected chi connectivity index (χ2v) is 19.9. The number of hydrogen-bond donors (Lipinski definition) is 2. The maximum atomic E-state index is 16.1. The van der Waals surface area contributed by atoms with E-state index in [2.05, 4.69) is 22.1 Å². The zero-order chi connectivity index (χ0) is 53.0. The van der Waals surface area contributed by atoms with Crippen LogP contribution in [0.15, 0.2) is 183 Å². The zero-order valence-electron chi connectivity index (χ0n) is 42.0. The number of rotatable bonds is 20. The Kier molecular flexibility index (Phi) is 17.0. The quantitative estimate of drug-likeness (QED) is 0.0736. The Bertz CT molecular complexity index is 3420. The molecule has 2 atom stereocenters. The molecule has 13 nitrogen and oxygen atoms in total. The predicted molar refractivity (Wildman–Crippen MR) is 284 cm³/mol. The van der Waals surface area contributed by atoms with E-state index in [4.69, 9.17) is 23.0 Å². The Labute approximate surface area is 435 Å². The first-order chi connectivity index (χ1) is 36.1. The monoisotopic (exact) mass is 1030 g/mol. The molecule has 0 saturated heterocycles. The molecule has 9 aromatic rings. The van der Waals surface area contributed by atoms with Gasteiger partial charge in [-0.3, -0.25) is 14.3 Å². The zero-order valence-corrected chi connectivity index (χ0v) is 42.9. The van der Waals surface area contributed by atoms with Crippen molar-refractivity contribution < 1.29 is 45.5 Å². The van der Waals surface area contributed by atoms with E-state index in [1.54, 1.807) is 54.1 Å². The summed E-state index contributed by atoms with van der Waals surface area (Å²) in [5.41, 5.74) is 5.11. The summed E-state index contributed by atoms with van der Waals surface area (Å²) in [6.45, 7) is 5.95. The number of carboxylic acids is 1. The van der Waals surface area contributed by atoms with Crippen LogP contribution in [0.2, 0.25) is 0 Å². The van der Waals surface area contributed by atoms with Crippen LogP contribution in [-0.2, 0) is 57.4 Å². The van der Waals surface area contributed by atoms with Gasteiger partial charge >= 0.3 is 5.97 Å². The van der Waals surface area contributed by atoms with Crippen molar-refractivity contribution in [2.45, 2.75) is 70.9 Å². The van der Waals surface area contributed by atoms with E-state index in [1.807, 2.05) is 117 Å². The molecule has 384 valence electrons. The molecule has 0 aliphatic carbocycles. The lowest BCUT2D eigenvalue weighted by Gasteiger charge is -2.24. The molecule has 0 saturated carbocycles. The first kappa shape index (κ1) is 52.9. The Morgan fingerprint density at radius 3 is 1.56 bits per heavy atom. The number of aryl methyl sites for hydroxylation is 5. The summed E-state index contributed by atoms with van der Waals surface area (Å²) < 4.78 is 64.3. The van der Waals surface area contributed by atoms with Gasteiger partial charge in [0.1, 0.15) is 28.9 Å². The molecule has 2 unspecified atom stereocenters. The molecule has 9 rings (SSSR count). The first-order valence-corrected chi connectivity index (χ1v) is 26.4. The normalized spacial score (nSPS) is 12.5. The van der Waals surface area contributed by atoms with Crippen LogP contribution in [0.5, 0.6) is 5.75 Å². The van der Waals surface area contributed by atoms with Gasteiger partial charge in [-0.25, -0.2) is 27.8 Å². The summed E-state index contributed by atoms with van der Waals surface area (Å²) in [5, 5.41) is 9.97. The van der Waals surface area contributed by atoms with Crippen molar-refractivity contribution in [3.63, 3.8) is 0 Å². The molecule has 6 aromatic carbocycles. The molecule has 0 bridgehead atoms. The van der Waals surface area contributed by atoms with Crippen molar-refractivity contribution in [1.29, 1.82) is 0 Å². The lowest BCUT2D eigenvalue weighted by molar-refractivity contribution is -0.139. The van der Waals surface area contributed by atoms with Crippen LogP contribution in [0, 0.1) is 20.8 Å². The topological polar surface area (TPSA) is 188 Å². The number of sulfonamides is 1. The number of nitrogens with one attached hydrogen (secondary N) is 1. The van der Waals surface area contributed by atoms with E-state index < -0.39 is 33.5 Å². The van der Waals surface area contributed by atoms with E-state index in [0.29, 0.717) is 59.9 Å². The standard InChI is InChI=1S/C32H30N2O4.C28H27FN2O5S/c1-21-28(33-30(37-21)25-11-5-3-6-12-25)15-9-10-23-16-18-24(19-17-23)20-27(32(35)36)29-22(2)38-31(34-29)26-13-7-4-8-14-26;1-20-25(30-26(36-20)22-9-5-3-6-10-22)17-18-35-24-15-13-21(14-16-24)19-28(29,23-11-7-4-8-12-23)27(32)31-37(2,33)34/h3-8,11-14,16-19,27H,9-10,15,20H2,1-2H3,(H,35,36);3-16H,17-19H2,1-2H3,(H,31,32). The van der Waals surface area contributed by atoms with Gasteiger partial charge in [0.15, 0.2) is 0 Å². The largest absolute Gasteiger partial charge is 0.493 e. The number of ether oxygens (including phenoxy) is 1. The second-order valence-electron chi connectivity index (χ2n) is 18.2. The van der Waals surface area contributed by atoms with E-state index in [1.165, 1.54) is 17.7 Å². The van der Waals surface area contributed by atoms with Crippen LogP contribution >= 0.6 is 0 Å². The summed E-state index contributed by atoms with van der Waals surface area (Å²) in [6, 6.07) is 51.7. The highest BCUT2D eigenvalue weighted by molar-refractivity contribution is 7.89. The summed E-state index contributed by atoms with van der Waals surface area (Å²) in [6.07, 6.45) is 4.02. The summed E-state index contributed by atoms with van der Waals surface area (Å²) in [7, 11) is -3.94. The molecule has 0 radical (unpaired) electrons.